The van der Waals surface area contributed by atoms with E-state index in [4.69, 9.17) is 10.4 Å². The zero-order valence-electron chi connectivity index (χ0n) is 9.97. The summed E-state index contributed by atoms with van der Waals surface area (Å²) in [6.07, 6.45) is 0.246. The van der Waals surface area contributed by atoms with E-state index < -0.39 is 6.09 Å². The summed E-state index contributed by atoms with van der Waals surface area (Å²) in [7, 11) is 0. The number of hydrogen-bond acceptors (Lipinski definition) is 2. The van der Waals surface area contributed by atoms with Crippen molar-refractivity contribution in [3.63, 3.8) is 0 Å². The topological polar surface area (TPSA) is 64.3 Å². The highest BCUT2D eigenvalue weighted by molar-refractivity contribution is 5.66. The van der Waals surface area contributed by atoms with Crippen LogP contribution in [0.1, 0.15) is 12.0 Å². The number of benzene rings is 1. The van der Waals surface area contributed by atoms with Crippen LogP contribution in [0.4, 0.5) is 4.79 Å². The highest BCUT2D eigenvalue weighted by Crippen LogP contribution is 2.21. The van der Waals surface area contributed by atoms with Gasteiger partial charge in [0, 0.05) is 25.1 Å². The maximum atomic E-state index is 11.0. The summed E-state index contributed by atoms with van der Waals surface area (Å²) < 4.78 is 0. The van der Waals surface area contributed by atoms with Crippen LogP contribution in [0.25, 0.3) is 0 Å². The summed E-state index contributed by atoms with van der Waals surface area (Å²) in [5.41, 5.74) is 2.75. The maximum Gasteiger partial charge on any atom is 0.407 e. The molecule has 0 spiro atoms. The zero-order chi connectivity index (χ0) is 13.0. The Morgan fingerprint density at radius 3 is 2.72 bits per heavy atom. The van der Waals surface area contributed by atoms with E-state index in [0.29, 0.717) is 25.9 Å². The van der Waals surface area contributed by atoms with E-state index in [2.05, 4.69) is 6.07 Å². The van der Waals surface area contributed by atoms with Gasteiger partial charge in [0.2, 0.25) is 0 Å². The molecule has 4 nitrogen and oxygen atoms in total. The molecule has 0 aliphatic carbocycles. The van der Waals surface area contributed by atoms with Gasteiger partial charge in [0.1, 0.15) is 0 Å². The molecule has 0 radical (unpaired) electrons. The Balaban J connectivity index is 2.20. The summed E-state index contributed by atoms with van der Waals surface area (Å²) in [6, 6.07) is 12.0. The van der Waals surface area contributed by atoms with Crippen LogP contribution in [0.15, 0.2) is 41.5 Å². The molecule has 0 atom stereocenters. The predicted octanol–water partition coefficient (Wildman–Crippen LogP) is 2.43. The van der Waals surface area contributed by atoms with Gasteiger partial charge >= 0.3 is 6.09 Å². The predicted molar refractivity (Wildman–Crippen MR) is 67.0 cm³/mol. The minimum absolute atomic E-state index is 0.340. The highest BCUT2D eigenvalue weighted by atomic mass is 16.4. The fraction of sp³-hybridized carbons (Fsp3) is 0.286. The lowest BCUT2D eigenvalue weighted by molar-refractivity contribution is 0.147. The molecule has 92 valence electrons. The van der Waals surface area contributed by atoms with Gasteiger partial charge in [-0.25, -0.2) is 4.79 Å². The van der Waals surface area contributed by atoms with Gasteiger partial charge in [-0.05, 0) is 17.6 Å². The molecule has 2 rings (SSSR count). The lowest BCUT2D eigenvalue weighted by Crippen LogP contribution is -2.36. The van der Waals surface area contributed by atoms with E-state index in [9.17, 15) is 4.79 Å². The van der Waals surface area contributed by atoms with Gasteiger partial charge in [0.15, 0.2) is 0 Å². The molecule has 4 heteroatoms. The van der Waals surface area contributed by atoms with Crippen LogP contribution >= 0.6 is 0 Å². The second-order valence-corrected chi connectivity index (χ2v) is 4.31. The van der Waals surface area contributed by atoms with E-state index in [-0.39, 0.29) is 0 Å². The first kappa shape index (κ1) is 12.2. The molecule has 1 aromatic rings. The van der Waals surface area contributed by atoms with E-state index in [1.165, 1.54) is 4.90 Å². The van der Waals surface area contributed by atoms with Crippen molar-refractivity contribution in [3.8, 4) is 6.07 Å². The monoisotopic (exact) mass is 242 g/mol. The van der Waals surface area contributed by atoms with Crippen LogP contribution in [0.5, 0.6) is 0 Å². The average Bonchev–Trinajstić information content (AvgIpc) is 2.39. The Kier molecular flexibility index (Phi) is 3.63. The van der Waals surface area contributed by atoms with E-state index in [1.54, 1.807) is 0 Å². The third kappa shape index (κ3) is 2.69. The summed E-state index contributed by atoms with van der Waals surface area (Å²) in [4.78, 5) is 12.3. The van der Waals surface area contributed by atoms with Gasteiger partial charge in [-0.1, -0.05) is 30.3 Å². The first-order valence-corrected chi connectivity index (χ1v) is 5.83. The number of nitrogens with zero attached hydrogens (tertiary/aromatic N) is 2. The number of carboxylic acid groups (broad SMARTS) is 1. The molecule has 18 heavy (non-hydrogen) atoms. The Labute approximate surface area is 106 Å². The van der Waals surface area contributed by atoms with Crippen molar-refractivity contribution in [1.82, 2.24) is 4.90 Å². The molecule has 1 aromatic carbocycles. The lowest BCUT2D eigenvalue weighted by Gasteiger charge is -2.26. The van der Waals surface area contributed by atoms with Crippen molar-refractivity contribution >= 4 is 6.09 Å². The average molecular weight is 242 g/mol. The molecular formula is C14H14N2O2. The molecule has 1 aliphatic rings. The van der Waals surface area contributed by atoms with Gasteiger partial charge in [-0.3, -0.25) is 0 Å². The molecule has 0 bridgehead atoms. The molecule has 0 unspecified atom stereocenters. The van der Waals surface area contributed by atoms with Crippen LogP contribution in [0, 0.1) is 11.3 Å². The summed E-state index contributed by atoms with van der Waals surface area (Å²) in [6.45, 7) is 0.754. The lowest BCUT2D eigenvalue weighted by atomic mass is 9.95. The number of carbonyl (C=O) groups is 1. The third-order valence-electron chi connectivity index (χ3n) is 3.11. The van der Waals surface area contributed by atoms with Crippen molar-refractivity contribution < 1.29 is 9.90 Å². The molecule has 0 saturated heterocycles. The summed E-state index contributed by atoms with van der Waals surface area (Å²) >= 11 is 0. The molecule has 0 fully saturated rings. The normalized spacial score (nSPS) is 15.4. The van der Waals surface area contributed by atoms with E-state index >= 15 is 0 Å². The van der Waals surface area contributed by atoms with Crippen LogP contribution in [0.2, 0.25) is 0 Å². The SMILES string of the molecule is N#CC1=C(Cc2ccccc2)CN(C(=O)O)CC1. The standard InChI is InChI=1S/C14H14N2O2/c15-9-12-6-7-16(14(17)18)10-13(12)8-11-4-2-1-3-5-11/h1-5H,6-8,10H2,(H,17,18). The van der Waals surface area contributed by atoms with Gasteiger partial charge in [0.25, 0.3) is 0 Å². The number of hydrogen-bond donors (Lipinski definition) is 1. The summed E-state index contributed by atoms with van der Waals surface area (Å²) in [5, 5.41) is 18.1. The molecule has 1 heterocycles. The molecule has 0 aromatic heterocycles. The van der Waals surface area contributed by atoms with Gasteiger partial charge in [-0.15, -0.1) is 0 Å². The minimum Gasteiger partial charge on any atom is -0.465 e. The fourth-order valence-corrected chi connectivity index (χ4v) is 2.13. The van der Waals surface area contributed by atoms with E-state index in [1.807, 2.05) is 30.3 Å². The minimum atomic E-state index is -0.919. The van der Waals surface area contributed by atoms with Crippen molar-refractivity contribution in [2.45, 2.75) is 12.8 Å². The van der Waals surface area contributed by atoms with E-state index in [0.717, 1.165) is 16.7 Å². The smallest absolute Gasteiger partial charge is 0.407 e. The quantitative estimate of drug-likeness (QED) is 0.866. The molecular weight excluding hydrogens is 228 g/mol. The number of rotatable bonds is 2. The van der Waals surface area contributed by atoms with Crippen molar-refractivity contribution in [2.24, 2.45) is 0 Å². The highest BCUT2D eigenvalue weighted by Gasteiger charge is 2.22. The van der Waals surface area contributed by atoms with Crippen molar-refractivity contribution in [3.05, 3.63) is 47.0 Å². The molecule has 1 N–H and O–H groups in total. The Hall–Kier alpha value is -2.28. The fourth-order valence-electron chi connectivity index (χ4n) is 2.13. The first-order chi connectivity index (χ1) is 8.70. The molecule has 0 saturated carbocycles. The van der Waals surface area contributed by atoms with Crippen LogP contribution in [0.3, 0.4) is 0 Å². The van der Waals surface area contributed by atoms with Crippen molar-refractivity contribution in [2.75, 3.05) is 13.1 Å². The first-order valence-electron chi connectivity index (χ1n) is 5.83. The Morgan fingerprint density at radius 1 is 1.39 bits per heavy atom. The van der Waals surface area contributed by atoms with Crippen molar-refractivity contribution in [1.29, 1.82) is 5.26 Å². The molecule has 1 amide bonds. The van der Waals surface area contributed by atoms with Gasteiger partial charge in [0.05, 0.1) is 6.07 Å². The summed E-state index contributed by atoms with van der Waals surface area (Å²) in [5.74, 6) is 0. The number of nitriles is 1. The van der Waals surface area contributed by atoms with Gasteiger partial charge in [-0.2, -0.15) is 5.26 Å². The zero-order valence-corrected chi connectivity index (χ0v) is 9.97. The molecule has 1 aliphatic heterocycles. The maximum absolute atomic E-state index is 11.0. The van der Waals surface area contributed by atoms with Crippen LogP contribution in [-0.2, 0) is 6.42 Å². The largest absolute Gasteiger partial charge is 0.465 e. The van der Waals surface area contributed by atoms with Crippen LogP contribution in [-0.4, -0.2) is 29.2 Å². The van der Waals surface area contributed by atoms with Crippen LogP contribution < -0.4 is 0 Å². The third-order valence-corrected chi connectivity index (χ3v) is 3.11. The number of amides is 1. The second-order valence-electron chi connectivity index (χ2n) is 4.31. The van der Waals surface area contributed by atoms with Gasteiger partial charge < -0.3 is 10.0 Å². The Morgan fingerprint density at radius 2 is 2.11 bits per heavy atom. The second kappa shape index (κ2) is 5.37. The Bertz CT molecular complexity index is 514.